The number of nitrogens with two attached hydrogens (primary N) is 1. The molecule has 2 heterocycles. The van der Waals surface area contributed by atoms with Gasteiger partial charge in [0.05, 0.1) is 5.92 Å². The monoisotopic (exact) mass is 240 g/mol. The molecule has 2 amide bonds. The minimum atomic E-state index is -0.355. The van der Waals surface area contributed by atoms with Crippen LogP contribution in [0.3, 0.4) is 0 Å². The minimum Gasteiger partial charge on any atom is -0.381 e. The molecule has 2 fully saturated rings. The van der Waals surface area contributed by atoms with Crippen LogP contribution in [-0.4, -0.2) is 43.0 Å². The summed E-state index contributed by atoms with van der Waals surface area (Å²) in [6.07, 6.45) is 3.48. The molecule has 2 saturated heterocycles. The SMILES string of the molecule is NC(=O)C1CC(=O)N(CCC2CCOCC2)C1. The van der Waals surface area contributed by atoms with Gasteiger partial charge in [0.25, 0.3) is 0 Å². The largest absolute Gasteiger partial charge is 0.381 e. The first-order valence-corrected chi connectivity index (χ1v) is 6.31. The first-order chi connectivity index (χ1) is 8.16. The van der Waals surface area contributed by atoms with Gasteiger partial charge in [-0.25, -0.2) is 0 Å². The van der Waals surface area contributed by atoms with Gasteiger partial charge in [0.1, 0.15) is 0 Å². The first kappa shape index (κ1) is 12.4. The summed E-state index contributed by atoms with van der Waals surface area (Å²) in [6, 6.07) is 0. The Labute approximate surface area is 101 Å². The Balaban J connectivity index is 1.75. The molecule has 1 unspecified atom stereocenters. The fourth-order valence-corrected chi connectivity index (χ4v) is 2.55. The standard InChI is InChI=1S/C12H20N2O3/c13-12(16)10-7-11(15)14(8-10)4-1-9-2-5-17-6-3-9/h9-10H,1-8H2,(H2,13,16). The Kier molecular flexibility index (Phi) is 3.99. The quantitative estimate of drug-likeness (QED) is 0.759. The number of likely N-dealkylation sites (tertiary alicyclic amines) is 1. The van der Waals surface area contributed by atoms with Gasteiger partial charge in [-0.05, 0) is 25.2 Å². The summed E-state index contributed by atoms with van der Waals surface area (Å²) in [4.78, 5) is 24.5. The highest BCUT2D eigenvalue weighted by atomic mass is 16.5. The van der Waals surface area contributed by atoms with E-state index < -0.39 is 0 Å². The number of ether oxygens (including phenoxy) is 1. The number of carbonyl (C=O) groups is 2. The van der Waals surface area contributed by atoms with Crippen LogP contribution in [0.2, 0.25) is 0 Å². The Morgan fingerprint density at radius 2 is 2.12 bits per heavy atom. The van der Waals surface area contributed by atoms with Gasteiger partial charge in [-0.15, -0.1) is 0 Å². The number of primary amides is 1. The second-order valence-corrected chi connectivity index (χ2v) is 4.99. The van der Waals surface area contributed by atoms with Gasteiger partial charge < -0.3 is 15.4 Å². The van der Waals surface area contributed by atoms with Crippen LogP contribution in [-0.2, 0) is 14.3 Å². The van der Waals surface area contributed by atoms with Crippen molar-refractivity contribution < 1.29 is 14.3 Å². The van der Waals surface area contributed by atoms with Crippen LogP contribution in [0.25, 0.3) is 0 Å². The molecule has 0 bridgehead atoms. The van der Waals surface area contributed by atoms with Gasteiger partial charge in [0.2, 0.25) is 11.8 Å². The van der Waals surface area contributed by atoms with Crippen LogP contribution in [0.4, 0.5) is 0 Å². The van der Waals surface area contributed by atoms with E-state index >= 15 is 0 Å². The van der Waals surface area contributed by atoms with E-state index in [1.54, 1.807) is 4.90 Å². The normalized spacial score (nSPS) is 26.5. The lowest BCUT2D eigenvalue weighted by Gasteiger charge is -2.24. The Morgan fingerprint density at radius 1 is 1.41 bits per heavy atom. The van der Waals surface area contributed by atoms with Gasteiger partial charge in [0.15, 0.2) is 0 Å². The van der Waals surface area contributed by atoms with Crippen LogP contribution in [0, 0.1) is 11.8 Å². The zero-order valence-corrected chi connectivity index (χ0v) is 10.1. The summed E-state index contributed by atoms with van der Waals surface area (Å²) in [5, 5.41) is 0. The van der Waals surface area contributed by atoms with Crippen molar-refractivity contribution in [3.05, 3.63) is 0 Å². The van der Waals surface area contributed by atoms with Crippen molar-refractivity contribution in [3.8, 4) is 0 Å². The molecule has 0 spiro atoms. The highest BCUT2D eigenvalue weighted by Crippen LogP contribution is 2.22. The molecule has 2 N–H and O–H groups in total. The number of rotatable bonds is 4. The third-order valence-corrected chi connectivity index (χ3v) is 3.77. The van der Waals surface area contributed by atoms with Crippen LogP contribution < -0.4 is 5.73 Å². The molecule has 2 aliphatic heterocycles. The highest BCUT2D eigenvalue weighted by molar-refractivity contribution is 5.88. The van der Waals surface area contributed by atoms with Crippen molar-refractivity contribution in [3.63, 3.8) is 0 Å². The van der Waals surface area contributed by atoms with E-state index in [0.29, 0.717) is 18.9 Å². The molecular formula is C12H20N2O3. The van der Waals surface area contributed by atoms with Crippen molar-refractivity contribution in [1.82, 2.24) is 4.90 Å². The number of hydrogen-bond donors (Lipinski definition) is 1. The predicted octanol–water partition coefficient (Wildman–Crippen LogP) is 0.137. The molecule has 2 aliphatic rings. The molecule has 0 aromatic rings. The maximum Gasteiger partial charge on any atom is 0.223 e. The van der Waals surface area contributed by atoms with E-state index in [1.807, 2.05) is 0 Å². The van der Waals surface area contributed by atoms with Crippen LogP contribution in [0.1, 0.15) is 25.7 Å². The molecule has 96 valence electrons. The second-order valence-electron chi connectivity index (χ2n) is 4.99. The third-order valence-electron chi connectivity index (χ3n) is 3.77. The molecule has 5 nitrogen and oxygen atoms in total. The van der Waals surface area contributed by atoms with E-state index in [1.165, 1.54) is 0 Å². The Morgan fingerprint density at radius 3 is 2.71 bits per heavy atom. The number of nitrogens with zero attached hydrogens (tertiary/aromatic N) is 1. The summed E-state index contributed by atoms with van der Waals surface area (Å²) in [6.45, 7) is 2.94. The van der Waals surface area contributed by atoms with Crippen molar-refractivity contribution in [1.29, 1.82) is 0 Å². The van der Waals surface area contributed by atoms with Gasteiger partial charge in [-0.3, -0.25) is 9.59 Å². The Bertz CT molecular complexity index is 300. The lowest BCUT2D eigenvalue weighted by molar-refractivity contribution is -0.128. The average molecular weight is 240 g/mol. The highest BCUT2D eigenvalue weighted by Gasteiger charge is 2.33. The smallest absolute Gasteiger partial charge is 0.223 e. The lowest BCUT2D eigenvalue weighted by Crippen LogP contribution is -2.31. The number of amides is 2. The van der Waals surface area contributed by atoms with Crippen molar-refractivity contribution in [2.45, 2.75) is 25.7 Å². The van der Waals surface area contributed by atoms with E-state index in [-0.39, 0.29) is 17.7 Å². The molecule has 0 saturated carbocycles. The van der Waals surface area contributed by atoms with E-state index in [0.717, 1.165) is 39.0 Å². The minimum absolute atomic E-state index is 0.0702. The first-order valence-electron chi connectivity index (χ1n) is 6.31. The van der Waals surface area contributed by atoms with E-state index in [4.69, 9.17) is 10.5 Å². The van der Waals surface area contributed by atoms with Crippen molar-refractivity contribution in [2.24, 2.45) is 17.6 Å². The lowest BCUT2D eigenvalue weighted by atomic mass is 9.96. The van der Waals surface area contributed by atoms with Gasteiger partial charge in [-0.1, -0.05) is 0 Å². The molecule has 0 aromatic heterocycles. The summed E-state index contributed by atoms with van der Waals surface area (Å²) in [7, 11) is 0. The molecule has 17 heavy (non-hydrogen) atoms. The van der Waals surface area contributed by atoms with Crippen LogP contribution in [0.15, 0.2) is 0 Å². The molecule has 2 rings (SSSR count). The fraction of sp³-hybridized carbons (Fsp3) is 0.833. The molecule has 0 radical (unpaired) electrons. The fourth-order valence-electron chi connectivity index (χ4n) is 2.55. The molecule has 0 aromatic carbocycles. The molecule has 1 atom stereocenters. The van der Waals surface area contributed by atoms with Gasteiger partial charge in [-0.2, -0.15) is 0 Å². The third kappa shape index (κ3) is 3.19. The predicted molar refractivity (Wildman–Crippen MR) is 62.0 cm³/mol. The molecule has 5 heteroatoms. The second kappa shape index (κ2) is 5.49. The number of carbonyl (C=O) groups excluding carboxylic acids is 2. The van der Waals surface area contributed by atoms with Crippen molar-refractivity contribution >= 4 is 11.8 Å². The molecular weight excluding hydrogens is 220 g/mol. The van der Waals surface area contributed by atoms with E-state index in [9.17, 15) is 9.59 Å². The van der Waals surface area contributed by atoms with Crippen LogP contribution in [0.5, 0.6) is 0 Å². The van der Waals surface area contributed by atoms with Gasteiger partial charge >= 0.3 is 0 Å². The summed E-state index contributed by atoms with van der Waals surface area (Å²) >= 11 is 0. The summed E-state index contributed by atoms with van der Waals surface area (Å²) in [5.41, 5.74) is 5.23. The average Bonchev–Trinajstić information content (AvgIpc) is 2.70. The molecule has 0 aliphatic carbocycles. The maximum atomic E-state index is 11.7. The Hall–Kier alpha value is -1.10. The van der Waals surface area contributed by atoms with Gasteiger partial charge in [0, 0.05) is 32.7 Å². The zero-order chi connectivity index (χ0) is 12.3. The van der Waals surface area contributed by atoms with Crippen LogP contribution >= 0.6 is 0 Å². The zero-order valence-electron chi connectivity index (χ0n) is 10.1. The summed E-state index contributed by atoms with van der Waals surface area (Å²) in [5.74, 6) is 0.0918. The van der Waals surface area contributed by atoms with Crippen molar-refractivity contribution in [2.75, 3.05) is 26.3 Å². The van der Waals surface area contributed by atoms with E-state index in [2.05, 4.69) is 0 Å². The number of hydrogen-bond acceptors (Lipinski definition) is 3. The topological polar surface area (TPSA) is 72.6 Å². The summed E-state index contributed by atoms with van der Waals surface area (Å²) < 4.78 is 5.30. The maximum absolute atomic E-state index is 11.7.